The molecule has 1 amide bonds. The summed E-state index contributed by atoms with van der Waals surface area (Å²) in [7, 11) is 5.32. The maximum Gasteiger partial charge on any atom is 0.446 e. The number of halogens is 3. The number of methoxy groups -OCH3 is 1. The van der Waals surface area contributed by atoms with Crippen LogP contribution in [0.4, 0.5) is 13.2 Å². The van der Waals surface area contributed by atoms with Gasteiger partial charge in [0, 0.05) is 11.4 Å². The van der Waals surface area contributed by atoms with Crippen LogP contribution in [0.25, 0.3) is 0 Å². The Labute approximate surface area is 160 Å². The van der Waals surface area contributed by atoms with Gasteiger partial charge in [0.2, 0.25) is 0 Å². The molecule has 1 unspecified atom stereocenters. The van der Waals surface area contributed by atoms with E-state index in [9.17, 15) is 18.0 Å². The SMILES string of the molecule is COc1ccc(C(CNC(=O)c2ccccc2SC(F)(F)F)N(C)C)cc1. The summed E-state index contributed by atoms with van der Waals surface area (Å²) in [6, 6.07) is 13.0. The third kappa shape index (κ3) is 6.18. The molecule has 0 saturated carbocycles. The number of likely N-dealkylation sites (N-methyl/N-ethyl adjacent to an activating group) is 1. The fourth-order valence-electron chi connectivity index (χ4n) is 2.58. The number of ether oxygens (including phenoxy) is 1. The Bertz CT molecular complexity index is 764. The lowest BCUT2D eigenvalue weighted by molar-refractivity contribution is -0.0328. The number of carbonyl (C=O) groups is 1. The molecule has 0 saturated heterocycles. The van der Waals surface area contributed by atoms with Gasteiger partial charge in [0.25, 0.3) is 5.91 Å². The van der Waals surface area contributed by atoms with E-state index >= 15 is 0 Å². The Morgan fingerprint density at radius 3 is 2.33 bits per heavy atom. The van der Waals surface area contributed by atoms with Crippen LogP contribution in [-0.4, -0.2) is 44.1 Å². The maximum absolute atomic E-state index is 12.7. The monoisotopic (exact) mass is 398 g/mol. The van der Waals surface area contributed by atoms with Gasteiger partial charge in [0.15, 0.2) is 0 Å². The molecule has 0 aliphatic carbocycles. The van der Waals surface area contributed by atoms with Crippen molar-refractivity contribution in [3.63, 3.8) is 0 Å². The van der Waals surface area contributed by atoms with Crippen molar-refractivity contribution in [2.24, 2.45) is 0 Å². The van der Waals surface area contributed by atoms with Gasteiger partial charge in [-0.25, -0.2) is 0 Å². The Morgan fingerprint density at radius 1 is 1.15 bits per heavy atom. The molecule has 0 aliphatic rings. The van der Waals surface area contributed by atoms with Gasteiger partial charge < -0.3 is 15.0 Å². The molecule has 0 radical (unpaired) electrons. The first-order valence-corrected chi connectivity index (χ1v) is 8.96. The van der Waals surface area contributed by atoms with E-state index in [1.807, 2.05) is 43.3 Å². The van der Waals surface area contributed by atoms with E-state index in [0.29, 0.717) is 0 Å². The van der Waals surface area contributed by atoms with E-state index in [0.717, 1.165) is 11.3 Å². The van der Waals surface area contributed by atoms with Gasteiger partial charge in [-0.15, -0.1) is 0 Å². The van der Waals surface area contributed by atoms with E-state index in [2.05, 4.69) is 5.32 Å². The molecule has 8 heteroatoms. The Morgan fingerprint density at radius 2 is 1.78 bits per heavy atom. The highest BCUT2D eigenvalue weighted by Crippen LogP contribution is 2.38. The number of hydrogen-bond donors (Lipinski definition) is 1. The molecule has 0 bridgehead atoms. The second-order valence-corrected chi connectivity index (χ2v) is 7.11. The third-order valence-corrected chi connectivity index (χ3v) is 4.74. The molecule has 1 atom stereocenters. The first kappa shape index (κ1) is 21.1. The van der Waals surface area contributed by atoms with Crippen molar-refractivity contribution in [3.05, 3.63) is 59.7 Å². The van der Waals surface area contributed by atoms with Gasteiger partial charge in [-0.2, -0.15) is 13.2 Å². The summed E-state index contributed by atoms with van der Waals surface area (Å²) in [5.74, 6) is 0.182. The maximum atomic E-state index is 12.7. The first-order valence-electron chi connectivity index (χ1n) is 8.14. The summed E-state index contributed by atoms with van der Waals surface area (Å²) in [4.78, 5) is 14.3. The van der Waals surface area contributed by atoms with Gasteiger partial charge in [-0.1, -0.05) is 24.3 Å². The summed E-state index contributed by atoms with van der Waals surface area (Å²) in [5, 5.41) is 2.74. The summed E-state index contributed by atoms with van der Waals surface area (Å²) >= 11 is -0.288. The van der Waals surface area contributed by atoms with Crippen molar-refractivity contribution in [1.29, 1.82) is 0 Å². The molecule has 0 aromatic heterocycles. The fourth-order valence-corrected chi connectivity index (χ4v) is 3.24. The molecule has 1 N–H and O–H groups in total. The van der Waals surface area contributed by atoms with Crippen molar-refractivity contribution < 1.29 is 22.7 Å². The number of nitrogens with one attached hydrogen (secondary N) is 1. The van der Waals surface area contributed by atoms with Crippen molar-refractivity contribution in [2.75, 3.05) is 27.7 Å². The number of hydrogen-bond acceptors (Lipinski definition) is 4. The second kappa shape index (κ2) is 9.14. The quantitative estimate of drug-likeness (QED) is 0.705. The molecule has 4 nitrogen and oxygen atoms in total. The summed E-state index contributed by atoms with van der Waals surface area (Å²) in [6.45, 7) is 0.253. The molecule has 27 heavy (non-hydrogen) atoms. The molecule has 0 aliphatic heterocycles. The highest BCUT2D eigenvalue weighted by molar-refractivity contribution is 8.00. The number of amides is 1. The normalized spacial score (nSPS) is 12.7. The molecule has 0 spiro atoms. The van der Waals surface area contributed by atoms with Crippen LogP contribution in [0.1, 0.15) is 22.0 Å². The molecular weight excluding hydrogens is 377 g/mol. The summed E-state index contributed by atoms with van der Waals surface area (Å²) in [5.41, 5.74) is -3.49. The van der Waals surface area contributed by atoms with Crippen LogP contribution < -0.4 is 10.1 Å². The van der Waals surface area contributed by atoms with Crippen LogP contribution in [0.2, 0.25) is 0 Å². The molecule has 0 fully saturated rings. The van der Waals surface area contributed by atoms with Crippen LogP contribution in [-0.2, 0) is 0 Å². The van der Waals surface area contributed by atoms with Gasteiger partial charge in [-0.05, 0) is 55.7 Å². The number of thioether (sulfide) groups is 1. The fraction of sp³-hybridized carbons (Fsp3) is 0.316. The van der Waals surface area contributed by atoms with Crippen molar-refractivity contribution in [1.82, 2.24) is 10.2 Å². The number of nitrogens with zero attached hydrogens (tertiary/aromatic N) is 1. The Balaban J connectivity index is 2.12. The molecule has 0 heterocycles. The zero-order valence-corrected chi connectivity index (χ0v) is 16.0. The van der Waals surface area contributed by atoms with Crippen molar-refractivity contribution >= 4 is 17.7 Å². The summed E-state index contributed by atoms with van der Waals surface area (Å²) < 4.78 is 43.2. The van der Waals surface area contributed by atoms with Crippen LogP contribution in [0.15, 0.2) is 53.4 Å². The van der Waals surface area contributed by atoms with E-state index < -0.39 is 11.4 Å². The van der Waals surface area contributed by atoms with Crippen LogP contribution in [0.5, 0.6) is 5.75 Å². The largest absolute Gasteiger partial charge is 0.497 e. The Hall–Kier alpha value is -2.19. The van der Waals surface area contributed by atoms with E-state index in [1.54, 1.807) is 13.2 Å². The smallest absolute Gasteiger partial charge is 0.446 e. The molecule has 2 aromatic carbocycles. The van der Waals surface area contributed by atoms with Crippen LogP contribution in [0, 0.1) is 0 Å². The van der Waals surface area contributed by atoms with E-state index in [-0.39, 0.29) is 34.8 Å². The standard InChI is InChI=1S/C19H21F3N2O2S/c1-24(2)16(13-8-10-14(26-3)11-9-13)12-23-18(25)15-6-4-5-7-17(15)27-19(20,21)22/h4-11,16H,12H2,1-3H3,(H,23,25). The highest BCUT2D eigenvalue weighted by Gasteiger charge is 2.31. The molecule has 146 valence electrons. The third-order valence-electron chi connectivity index (χ3n) is 3.94. The van der Waals surface area contributed by atoms with Gasteiger partial charge >= 0.3 is 5.51 Å². The molecular formula is C19H21F3N2O2S. The highest BCUT2D eigenvalue weighted by atomic mass is 32.2. The average molecular weight is 398 g/mol. The lowest BCUT2D eigenvalue weighted by Crippen LogP contribution is -2.34. The van der Waals surface area contributed by atoms with Crippen LogP contribution >= 0.6 is 11.8 Å². The minimum Gasteiger partial charge on any atom is -0.497 e. The van der Waals surface area contributed by atoms with Gasteiger partial charge in [-0.3, -0.25) is 4.79 Å². The van der Waals surface area contributed by atoms with Crippen LogP contribution in [0.3, 0.4) is 0 Å². The zero-order chi connectivity index (χ0) is 20.0. The first-order chi connectivity index (χ1) is 12.7. The van der Waals surface area contributed by atoms with Gasteiger partial charge in [0.05, 0.1) is 18.7 Å². The number of rotatable bonds is 7. The minimum absolute atomic E-state index is 0.00654. The molecule has 2 rings (SSSR count). The lowest BCUT2D eigenvalue weighted by atomic mass is 10.1. The predicted molar refractivity (Wildman–Crippen MR) is 100 cm³/mol. The Kier molecular flexibility index (Phi) is 7.15. The lowest BCUT2D eigenvalue weighted by Gasteiger charge is -2.25. The predicted octanol–water partition coefficient (Wildman–Crippen LogP) is 4.34. The number of benzene rings is 2. The zero-order valence-electron chi connectivity index (χ0n) is 15.2. The topological polar surface area (TPSA) is 41.6 Å². The summed E-state index contributed by atoms with van der Waals surface area (Å²) in [6.07, 6.45) is 0. The minimum atomic E-state index is -4.45. The van der Waals surface area contributed by atoms with Crippen molar-refractivity contribution in [3.8, 4) is 5.75 Å². The number of carbonyl (C=O) groups excluding carboxylic acids is 1. The van der Waals surface area contributed by atoms with E-state index in [1.165, 1.54) is 18.2 Å². The van der Waals surface area contributed by atoms with E-state index in [4.69, 9.17) is 4.74 Å². The number of alkyl halides is 3. The molecule has 2 aromatic rings. The second-order valence-electron chi connectivity index (χ2n) is 6.01. The van der Waals surface area contributed by atoms with Gasteiger partial charge in [0.1, 0.15) is 5.75 Å². The average Bonchev–Trinajstić information content (AvgIpc) is 2.61. The van der Waals surface area contributed by atoms with Crippen molar-refractivity contribution in [2.45, 2.75) is 16.4 Å².